The van der Waals surface area contributed by atoms with Crippen molar-refractivity contribution in [2.45, 2.75) is 0 Å². The third-order valence-electron chi connectivity index (χ3n) is 1.70. The fourth-order valence-corrected chi connectivity index (χ4v) is 1.10. The first kappa shape index (κ1) is 10.8. The predicted octanol–water partition coefficient (Wildman–Crippen LogP) is 1.54. The van der Waals surface area contributed by atoms with Gasteiger partial charge in [0.2, 0.25) is 0 Å². The van der Waals surface area contributed by atoms with Crippen LogP contribution in [0.5, 0.6) is 0 Å². The Labute approximate surface area is 87.5 Å². The molecule has 0 spiro atoms. The number of hydrogen-bond donors (Lipinski definition) is 2. The van der Waals surface area contributed by atoms with Gasteiger partial charge in [0, 0.05) is 11.4 Å². The third kappa shape index (κ3) is 2.87. The SMILES string of the molecule is NNC(=O)c1ccc(C=CCCl)cc1. The average molecular weight is 211 g/mol. The number of carbonyl (C=O) groups is 1. The molecule has 14 heavy (non-hydrogen) atoms. The minimum atomic E-state index is -0.294. The number of benzene rings is 1. The fourth-order valence-electron chi connectivity index (χ4n) is 1.01. The molecule has 0 aliphatic heterocycles. The Morgan fingerprint density at radius 3 is 2.57 bits per heavy atom. The van der Waals surface area contributed by atoms with Crippen LogP contribution >= 0.6 is 11.6 Å². The number of hydrazine groups is 1. The van der Waals surface area contributed by atoms with Crippen LogP contribution in [0.2, 0.25) is 0 Å². The van der Waals surface area contributed by atoms with E-state index in [1.165, 1.54) is 0 Å². The van der Waals surface area contributed by atoms with Gasteiger partial charge in [-0.05, 0) is 17.7 Å². The number of nitrogen functional groups attached to an aromatic ring is 1. The summed E-state index contributed by atoms with van der Waals surface area (Å²) >= 11 is 5.49. The fraction of sp³-hybridized carbons (Fsp3) is 0.100. The van der Waals surface area contributed by atoms with Crippen molar-refractivity contribution in [1.29, 1.82) is 0 Å². The zero-order valence-electron chi connectivity index (χ0n) is 7.53. The van der Waals surface area contributed by atoms with E-state index >= 15 is 0 Å². The molecule has 0 aromatic heterocycles. The van der Waals surface area contributed by atoms with E-state index in [4.69, 9.17) is 17.4 Å². The van der Waals surface area contributed by atoms with Gasteiger partial charge in [-0.3, -0.25) is 10.2 Å². The van der Waals surface area contributed by atoms with Gasteiger partial charge < -0.3 is 0 Å². The summed E-state index contributed by atoms with van der Waals surface area (Å²) in [5.41, 5.74) is 3.60. The van der Waals surface area contributed by atoms with E-state index in [-0.39, 0.29) is 5.91 Å². The Morgan fingerprint density at radius 1 is 1.43 bits per heavy atom. The van der Waals surface area contributed by atoms with Crippen molar-refractivity contribution in [3.8, 4) is 0 Å². The Balaban J connectivity index is 2.78. The van der Waals surface area contributed by atoms with Gasteiger partial charge in [0.05, 0.1) is 0 Å². The first-order valence-electron chi connectivity index (χ1n) is 4.11. The lowest BCUT2D eigenvalue weighted by molar-refractivity contribution is 0.0953. The number of carbonyl (C=O) groups excluding carboxylic acids is 1. The molecule has 1 aromatic carbocycles. The Hall–Kier alpha value is -1.32. The summed E-state index contributed by atoms with van der Waals surface area (Å²) in [5.74, 6) is 5.17. The van der Waals surface area contributed by atoms with E-state index < -0.39 is 0 Å². The number of amides is 1. The number of rotatable bonds is 3. The molecular formula is C10H11ClN2O. The maximum Gasteiger partial charge on any atom is 0.265 e. The number of allylic oxidation sites excluding steroid dienone is 1. The standard InChI is InChI=1S/C10H11ClN2O/c11-7-1-2-8-3-5-9(6-4-8)10(14)13-12/h1-6H,7,12H2,(H,13,14). The van der Waals surface area contributed by atoms with Crippen LogP contribution in [0, 0.1) is 0 Å². The molecular weight excluding hydrogens is 200 g/mol. The van der Waals surface area contributed by atoms with Crippen LogP contribution in [0.4, 0.5) is 0 Å². The summed E-state index contributed by atoms with van der Waals surface area (Å²) in [4.78, 5) is 11.1. The maximum absolute atomic E-state index is 11.1. The first-order valence-corrected chi connectivity index (χ1v) is 4.65. The van der Waals surface area contributed by atoms with Crippen molar-refractivity contribution < 1.29 is 4.79 Å². The van der Waals surface area contributed by atoms with Crippen molar-refractivity contribution in [1.82, 2.24) is 5.43 Å². The van der Waals surface area contributed by atoms with Gasteiger partial charge in [-0.25, -0.2) is 5.84 Å². The molecule has 0 aliphatic carbocycles. The lowest BCUT2D eigenvalue weighted by Gasteiger charge is -1.99. The first-order chi connectivity index (χ1) is 6.77. The summed E-state index contributed by atoms with van der Waals surface area (Å²) < 4.78 is 0. The maximum atomic E-state index is 11.1. The van der Waals surface area contributed by atoms with Crippen molar-refractivity contribution in [3.63, 3.8) is 0 Å². The van der Waals surface area contributed by atoms with E-state index in [9.17, 15) is 4.79 Å². The van der Waals surface area contributed by atoms with E-state index in [0.717, 1.165) is 5.56 Å². The summed E-state index contributed by atoms with van der Waals surface area (Å²) in [5, 5.41) is 0. The van der Waals surface area contributed by atoms with Crippen molar-refractivity contribution in [3.05, 3.63) is 41.5 Å². The summed E-state index contributed by atoms with van der Waals surface area (Å²) in [6, 6.07) is 7.06. The molecule has 3 N–H and O–H groups in total. The lowest BCUT2D eigenvalue weighted by Crippen LogP contribution is -2.29. The highest BCUT2D eigenvalue weighted by molar-refractivity contribution is 6.19. The zero-order chi connectivity index (χ0) is 10.4. The van der Waals surface area contributed by atoms with Crippen LogP contribution < -0.4 is 11.3 Å². The molecule has 0 fully saturated rings. The molecule has 4 heteroatoms. The molecule has 3 nitrogen and oxygen atoms in total. The molecule has 1 aromatic rings. The normalized spacial score (nSPS) is 10.4. The highest BCUT2D eigenvalue weighted by Gasteiger charge is 2.00. The number of nitrogens with two attached hydrogens (primary N) is 1. The molecule has 0 unspecified atom stereocenters. The molecule has 1 amide bonds. The summed E-state index contributed by atoms with van der Waals surface area (Å²) in [6.45, 7) is 0. The topological polar surface area (TPSA) is 55.1 Å². The van der Waals surface area contributed by atoms with E-state index in [2.05, 4.69) is 5.43 Å². The van der Waals surface area contributed by atoms with Gasteiger partial charge in [-0.1, -0.05) is 24.3 Å². The molecule has 0 atom stereocenters. The second kappa shape index (κ2) is 5.42. The van der Waals surface area contributed by atoms with E-state index in [0.29, 0.717) is 11.4 Å². The van der Waals surface area contributed by atoms with Crippen molar-refractivity contribution in [2.24, 2.45) is 5.84 Å². The Bertz CT molecular complexity index is 332. The van der Waals surface area contributed by atoms with Crippen LogP contribution in [0.1, 0.15) is 15.9 Å². The molecule has 0 aliphatic rings. The summed E-state index contributed by atoms with van der Waals surface area (Å²) in [6.07, 6.45) is 3.72. The van der Waals surface area contributed by atoms with E-state index in [1.807, 2.05) is 24.3 Å². The van der Waals surface area contributed by atoms with Crippen LogP contribution in [0.25, 0.3) is 6.08 Å². The Morgan fingerprint density at radius 2 is 2.07 bits per heavy atom. The van der Waals surface area contributed by atoms with Gasteiger partial charge in [-0.15, -0.1) is 11.6 Å². The molecule has 74 valence electrons. The molecule has 1 rings (SSSR count). The highest BCUT2D eigenvalue weighted by atomic mass is 35.5. The second-order valence-corrected chi connectivity index (χ2v) is 2.96. The van der Waals surface area contributed by atoms with Gasteiger partial charge in [0.1, 0.15) is 0 Å². The van der Waals surface area contributed by atoms with Gasteiger partial charge >= 0.3 is 0 Å². The smallest absolute Gasteiger partial charge is 0.265 e. The van der Waals surface area contributed by atoms with Crippen LogP contribution in [-0.2, 0) is 0 Å². The molecule has 0 heterocycles. The number of hydrogen-bond acceptors (Lipinski definition) is 2. The zero-order valence-corrected chi connectivity index (χ0v) is 8.29. The largest absolute Gasteiger partial charge is 0.290 e. The quantitative estimate of drug-likeness (QED) is 0.344. The molecule has 0 radical (unpaired) electrons. The predicted molar refractivity (Wildman–Crippen MR) is 57.8 cm³/mol. The monoisotopic (exact) mass is 210 g/mol. The van der Waals surface area contributed by atoms with Crippen molar-refractivity contribution in [2.75, 3.05) is 5.88 Å². The lowest BCUT2D eigenvalue weighted by atomic mass is 10.1. The van der Waals surface area contributed by atoms with Crippen LogP contribution in [0.3, 0.4) is 0 Å². The number of nitrogens with one attached hydrogen (secondary N) is 1. The number of halogens is 1. The minimum Gasteiger partial charge on any atom is -0.290 e. The van der Waals surface area contributed by atoms with Gasteiger partial charge in [0.25, 0.3) is 5.91 Å². The van der Waals surface area contributed by atoms with Crippen molar-refractivity contribution >= 4 is 23.6 Å². The second-order valence-electron chi connectivity index (χ2n) is 2.65. The summed E-state index contributed by atoms with van der Waals surface area (Å²) in [7, 11) is 0. The number of alkyl halides is 1. The van der Waals surface area contributed by atoms with E-state index in [1.54, 1.807) is 12.1 Å². The minimum absolute atomic E-state index is 0.294. The average Bonchev–Trinajstić information content (AvgIpc) is 2.26. The third-order valence-corrected chi connectivity index (χ3v) is 1.88. The molecule has 0 saturated carbocycles. The van der Waals surface area contributed by atoms with Gasteiger partial charge in [-0.2, -0.15) is 0 Å². The van der Waals surface area contributed by atoms with Gasteiger partial charge in [0.15, 0.2) is 0 Å². The molecule has 0 bridgehead atoms. The van der Waals surface area contributed by atoms with Crippen LogP contribution in [0.15, 0.2) is 30.3 Å². The van der Waals surface area contributed by atoms with Crippen LogP contribution in [-0.4, -0.2) is 11.8 Å². The Kier molecular flexibility index (Phi) is 4.16. The highest BCUT2D eigenvalue weighted by Crippen LogP contribution is 2.06. The molecule has 0 saturated heterocycles.